The van der Waals surface area contributed by atoms with Crippen LogP contribution in [0.5, 0.6) is 11.5 Å². The van der Waals surface area contributed by atoms with E-state index in [0.717, 1.165) is 29.9 Å². The Hall–Kier alpha value is -1.22. The van der Waals surface area contributed by atoms with Gasteiger partial charge in [0.15, 0.2) is 11.5 Å². The Morgan fingerprint density at radius 2 is 2.00 bits per heavy atom. The lowest BCUT2D eigenvalue weighted by Gasteiger charge is -2.34. The molecule has 1 aliphatic heterocycles. The standard InChI is InChI=1S/C16H23NO2/c1-11-4-3-5-14(12(11)2)17-9-13-6-7-15-16(8-13)19-10-18-15/h6-8,11-12,14,17H,3-5,9-10H2,1-2H3/t11-,12+,14+/m1/s1. The first-order chi connectivity index (χ1) is 9.24. The zero-order valence-electron chi connectivity index (χ0n) is 11.8. The smallest absolute Gasteiger partial charge is 0.231 e. The molecule has 1 N–H and O–H groups in total. The Kier molecular flexibility index (Phi) is 3.65. The van der Waals surface area contributed by atoms with Crippen molar-refractivity contribution in [3.63, 3.8) is 0 Å². The number of hydrogen-bond donors (Lipinski definition) is 1. The normalized spacial score (nSPS) is 29.5. The summed E-state index contributed by atoms with van der Waals surface area (Å²) in [6, 6.07) is 6.87. The number of hydrogen-bond acceptors (Lipinski definition) is 3. The SMILES string of the molecule is C[C@H]1[C@H](C)CCC[C@@H]1NCc1ccc2c(c1)OCO2. The van der Waals surface area contributed by atoms with Gasteiger partial charge in [-0.1, -0.05) is 32.8 Å². The Balaban J connectivity index is 1.60. The number of benzene rings is 1. The molecule has 3 nitrogen and oxygen atoms in total. The van der Waals surface area contributed by atoms with E-state index in [1.165, 1.54) is 24.8 Å². The molecule has 1 aromatic carbocycles. The van der Waals surface area contributed by atoms with Crippen molar-refractivity contribution in [2.24, 2.45) is 11.8 Å². The van der Waals surface area contributed by atoms with Gasteiger partial charge in [-0.25, -0.2) is 0 Å². The highest BCUT2D eigenvalue weighted by atomic mass is 16.7. The van der Waals surface area contributed by atoms with Crippen LogP contribution in [0.2, 0.25) is 0 Å². The second-order valence-electron chi connectivity index (χ2n) is 5.94. The average molecular weight is 261 g/mol. The summed E-state index contributed by atoms with van der Waals surface area (Å²) in [5.74, 6) is 3.35. The Labute approximate surface area is 115 Å². The van der Waals surface area contributed by atoms with E-state index in [2.05, 4.69) is 31.3 Å². The molecule has 1 heterocycles. The summed E-state index contributed by atoms with van der Waals surface area (Å²) < 4.78 is 10.8. The van der Waals surface area contributed by atoms with Gasteiger partial charge in [-0.15, -0.1) is 0 Å². The van der Waals surface area contributed by atoms with Gasteiger partial charge in [0.25, 0.3) is 0 Å². The monoisotopic (exact) mass is 261 g/mol. The van der Waals surface area contributed by atoms with Crippen molar-refractivity contribution < 1.29 is 9.47 Å². The summed E-state index contributed by atoms with van der Waals surface area (Å²) in [7, 11) is 0. The summed E-state index contributed by atoms with van der Waals surface area (Å²) in [6.45, 7) is 6.02. The Morgan fingerprint density at radius 1 is 1.16 bits per heavy atom. The molecule has 1 fully saturated rings. The van der Waals surface area contributed by atoms with Crippen molar-refractivity contribution in [1.29, 1.82) is 0 Å². The van der Waals surface area contributed by atoms with Crippen LogP contribution in [-0.2, 0) is 6.54 Å². The number of ether oxygens (including phenoxy) is 2. The first-order valence-electron chi connectivity index (χ1n) is 7.36. The van der Waals surface area contributed by atoms with Gasteiger partial charge in [0.05, 0.1) is 0 Å². The third kappa shape index (κ3) is 2.71. The fraction of sp³-hybridized carbons (Fsp3) is 0.625. The average Bonchev–Trinajstić information content (AvgIpc) is 2.88. The second kappa shape index (κ2) is 5.41. The fourth-order valence-corrected chi connectivity index (χ4v) is 3.17. The third-order valence-corrected chi connectivity index (χ3v) is 4.71. The zero-order valence-corrected chi connectivity index (χ0v) is 11.8. The van der Waals surface area contributed by atoms with Crippen LogP contribution in [0.1, 0.15) is 38.7 Å². The lowest BCUT2D eigenvalue weighted by atomic mass is 9.78. The van der Waals surface area contributed by atoms with Crippen molar-refractivity contribution in [2.45, 2.75) is 45.7 Å². The fourth-order valence-electron chi connectivity index (χ4n) is 3.17. The molecule has 0 aromatic heterocycles. The number of fused-ring (bicyclic) bond motifs is 1. The van der Waals surface area contributed by atoms with Gasteiger partial charge in [0.1, 0.15) is 0 Å². The minimum Gasteiger partial charge on any atom is -0.454 e. The van der Waals surface area contributed by atoms with E-state index in [1.54, 1.807) is 0 Å². The zero-order chi connectivity index (χ0) is 13.2. The van der Waals surface area contributed by atoms with Crippen molar-refractivity contribution in [3.05, 3.63) is 23.8 Å². The van der Waals surface area contributed by atoms with Crippen LogP contribution in [0.25, 0.3) is 0 Å². The van der Waals surface area contributed by atoms with Gasteiger partial charge in [-0.2, -0.15) is 0 Å². The molecule has 1 aliphatic carbocycles. The number of nitrogens with one attached hydrogen (secondary N) is 1. The molecule has 0 bridgehead atoms. The number of rotatable bonds is 3. The molecule has 19 heavy (non-hydrogen) atoms. The lowest BCUT2D eigenvalue weighted by molar-refractivity contribution is 0.174. The van der Waals surface area contributed by atoms with E-state index >= 15 is 0 Å². The first kappa shape index (κ1) is 12.8. The van der Waals surface area contributed by atoms with Gasteiger partial charge in [-0.3, -0.25) is 0 Å². The maximum atomic E-state index is 5.42. The van der Waals surface area contributed by atoms with Crippen LogP contribution in [0.4, 0.5) is 0 Å². The molecule has 3 heteroatoms. The minimum atomic E-state index is 0.351. The van der Waals surface area contributed by atoms with Crippen molar-refractivity contribution in [1.82, 2.24) is 5.32 Å². The third-order valence-electron chi connectivity index (χ3n) is 4.71. The van der Waals surface area contributed by atoms with E-state index in [4.69, 9.17) is 9.47 Å². The highest BCUT2D eigenvalue weighted by molar-refractivity contribution is 5.44. The predicted octanol–water partition coefficient (Wildman–Crippen LogP) is 3.33. The second-order valence-corrected chi connectivity index (χ2v) is 5.94. The molecule has 0 saturated heterocycles. The van der Waals surface area contributed by atoms with E-state index in [9.17, 15) is 0 Å². The predicted molar refractivity (Wildman–Crippen MR) is 75.4 cm³/mol. The molecule has 3 atom stereocenters. The highest BCUT2D eigenvalue weighted by Gasteiger charge is 2.26. The summed E-state index contributed by atoms with van der Waals surface area (Å²) in [5, 5.41) is 3.71. The van der Waals surface area contributed by atoms with Crippen LogP contribution >= 0.6 is 0 Å². The van der Waals surface area contributed by atoms with E-state index in [1.807, 2.05) is 6.07 Å². The molecule has 2 aliphatic rings. The molecule has 0 unspecified atom stereocenters. The van der Waals surface area contributed by atoms with Crippen LogP contribution in [0, 0.1) is 11.8 Å². The van der Waals surface area contributed by atoms with Crippen LogP contribution < -0.4 is 14.8 Å². The maximum Gasteiger partial charge on any atom is 0.231 e. The van der Waals surface area contributed by atoms with Gasteiger partial charge < -0.3 is 14.8 Å². The molecular weight excluding hydrogens is 238 g/mol. The van der Waals surface area contributed by atoms with Gasteiger partial charge >= 0.3 is 0 Å². The summed E-state index contributed by atoms with van der Waals surface area (Å²) in [5.41, 5.74) is 1.27. The summed E-state index contributed by atoms with van der Waals surface area (Å²) in [6.07, 6.45) is 4.03. The minimum absolute atomic E-state index is 0.351. The lowest BCUT2D eigenvalue weighted by Crippen LogP contribution is -2.40. The van der Waals surface area contributed by atoms with Crippen LogP contribution in [0.3, 0.4) is 0 Å². The molecule has 1 saturated carbocycles. The van der Waals surface area contributed by atoms with Crippen LogP contribution in [0.15, 0.2) is 18.2 Å². The summed E-state index contributed by atoms with van der Waals surface area (Å²) >= 11 is 0. The highest BCUT2D eigenvalue weighted by Crippen LogP contribution is 2.33. The molecule has 3 rings (SSSR count). The van der Waals surface area contributed by atoms with E-state index in [-0.39, 0.29) is 0 Å². The molecular formula is C16H23NO2. The molecule has 0 spiro atoms. The topological polar surface area (TPSA) is 30.5 Å². The molecule has 0 amide bonds. The quantitative estimate of drug-likeness (QED) is 0.905. The molecule has 0 radical (unpaired) electrons. The van der Waals surface area contributed by atoms with Crippen molar-refractivity contribution >= 4 is 0 Å². The van der Waals surface area contributed by atoms with E-state index < -0.39 is 0 Å². The van der Waals surface area contributed by atoms with Crippen molar-refractivity contribution in [3.8, 4) is 11.5 Å². The van der Waals surface area contributed by atoms with E-state index in [0.29, 0.717) is 12.8 Å². The Morgan fingerprint density at radius 3 is 2.89 bits per heavy atom. The molecule has 1 aromatic rings. The van der Waals surface area contributed by atoms with Gasteiger partial charge in [-0.05, 0) is 36.0 Å². The van der Waals surface area contributed by atoms with Crippen molar-refractivity contribution in [2.75, 3.05) is 6.79 Å². The largest absolute Gasteiger partial charge is 0.454 e. The summed E-state index contributed by atoms with van der Waals surface area (Å²) in [4.78, 5) is 0. The van der Waals surface area contributed by atoms with Crippen LogP contribution in [-0.4, -0.2) is 12.8 Å². The maximum absolute atomic E-state index is 5.42. The Bertz CT molecular complexity index is 446. The van der Waals surface area contributed by atoms with Gasteiger partial charge in [0.2, 0.25) is 6.79 Å². The first-order valence-corrected chi connectivity index (χ1v) is 7.36. The van der Waals surface area contributed by atoms with Gasteiger partial charge in [0, 0.05) is 12.6 Å². The molecule has 104 valence electrons.